The number of aliphatic hydroxyl groups is 1. The van der Waals surface area contributed by atoms with E-state index in [0.29, 0.717) is 36.1 Å². The van der Waals surface area contributed by atoms with Crippen LogP contribution in [-0.2, 0) is 9.53 Å². The van der Waals surface area contributed by atoms with Crippen LogP contribution in [0.15, 0.2) is 66.7 Å². The lowest BCUT2D eigenvalue weighted by Gasteiger charge is -2.19. The highest BCUT2D eigenvalue weighted by Gasteiger charge is 2.19. The van der Waals surface area contributed by atoms with Crippen LogP contribution in [0.25, 0.3) is 0 Å². The third kappa shape index (κ3) is 8.58. The van der Waals surface area contributed by atoms with Crippen molar-refractivity contribution < 1.29 is 34.2 Å². The number of nitrogens with one attached hydrogen (secondary N) is 2. The van der Waals surface area contributed by atoms with Gasteiger partial charge in [-0.05, 0) is 49.1 Å². The van der Waals surface area contributed by atoms with Crippen molar-refractivity contribution in [1.29, 1.82) is 0 Å². The van der Waals surface area contributed by atoms with E-state index in [1.165, 1.54) is 11.6 Å². The van der Waals surface area contributed by atoms with Gasteiger partial charge in [0.05, 0.1) is 6.61 Å². The Labute approximate surface area is 185 Å². The van der Waals surface area contributed by atoms with Crippen molar-refractivity contribution in [3.8, 4) is 5.75 Å². The van der Waals surface area contributed by atoms with Gasteiger partial charge in [-0.15, -0.1) is 0 Å². The second-order valence-corrected chi connectivity index (χ2v) is 6.67. The molecule has 170 valence electrons. The van der Waals surface area contributed by atoms with E-state index >= 15 is 0 Å². The highest BCUT2D eigenvalue weighted by Crippen LogP contribution is 2.27. The van der Waals surface area contributed by atoms with E-state index < -0.39 is 24.0 Å². The number of alkyl carbamates (subject to hydrolysis) is 1. The minimum Gasteiger partial charge on any atom is -0.491 e. The number of rotatable bonds is 11. The third-order valence-corrected chi connectivity index (χ3v) is 4.31. The minimum atomic E-state index is -0.888. The summed E-state index contributed by atoms with van der Waals surface area (Å²) in [5.41, 5.74) is 2.48. The van der Waals surface area contributed by atoms with Crippen LogP contribution in [0.1, 0.15) is 41.3 Å². The van der Waals surface area contributed by atoms with E-state index in [9.17, 15) is 14.4 Å². The number of hydrogen-bond acceptors (Lipinski definition) is 7. The molecular formula is C23H26N2O7. The molecule has 0 saturated carbocycles. The molecular weight excluding hydrogens is 416 g/mol. The summed E-state index contributed by atoms with van der Waals surface area (Å²) in [6.07, 6.45) is 2.67. The van der Waals surface area contributed by atoms with Crippen molar-refractivity contribution in [2.45, 2.75) is 25.4 Å². The van der Waals surface area contributed by atoms with Gasteiger partial charge < -0.3 is 14.6 Å². The maximum atomic E-state index is 12.4. The first-order chi connectivity index (χ1) is 15.5. The van der Waals surface area contributed by atoms with Crippen LogP contribution in [0.3, 0.4) is 0 Å². The first-order valence-electron chi connectivity index (χ1n) is 10.0. The van der Waals surface area contributed by atoms with Crippen molar-refractivity contribution in [3.63, 3.8) is 0 Å². The molecule has 2 rings (SSSR count). The van der Waals surface area contributed by atoms with Gasteiger partial charge in [0.15, 0.2) is 0 Å². The largest absolute Gasteiger partial charge is 0.491 e. The van der Waals surface area contributed by atoms with Crippen molar-refractivity contribution in [2.75, 3.05) is 13.2 Å². The average Bonchev–Trinajstić information content (AvgIpc) is 2.82. The minimum absolute atomic E-state index is 0.124. The third-order valence-electron chi connectivity index (χ3n) is 4.31. The summed E-state index contributed by atoms with van der Waals surface area (Å²) in [5.74, 6) is -0.705. The lowest BCUT2D eigenvalue weighted by atomic mass is 10.0. The van der Waals surface area contributed by atoms with Crippen LogP contribution < -0.4 is 15.5 Å². The molecule has 0 bridgehead atoms. The highest BCUT2D eigenvalue weighted by atomic mass is 16.6. The monoisotopic (exact) mass is 442 g/mol. The molecule has 0 unspecified atom stereocenters. The molecule has 9 nitrogen and oxygen atoms in total. The molecule has 0 aromatic heterocycles. The van der Waals surface area contributed by atoms with Gasteiger partial charge in [-0.2, -0.15) is 0 Å². The van der Waals surface area contributed by atoms with Crippen molar-refractivity contribution in [1.82, 2.24) is 10.8 Å². The second kappa shape index (κ2) is 13.6. The van der Waals surface area contributed by atoms with Crippen LogP contribution in [0.2, 0.25) is 0 Å². The maximum absolute atomic E-state index is 12.4. The molecule has 3 amide bonds. The molecule has 0 heterocycles. The quantitative estimate of drug-likeness (QED) is 0.182. The molecule has 4 N–H and O–H groups in total. The number of unbranched alkanes of at least 4 members (excludes halogenated alkanes) is 1. The first kappa shape index (κ1) is 24.6. The zero-order valence-corrected chi connectivity index (χ0v) is 17.4. The van der Waals surface area contributed by atoms with Crippen LogP contribution in [0, 0.1) is 0 Å². The van der Waals surface area contributed by atoms with Crippen molar-refractivity contribution in [3.05, 3.63) is 77.9 Å². The molecule has 0 aliphatic heterocycles. The standard InChI is InChI=1S/C23H26N2O7/c26-14-15-31-19-11-7-10-18(16-19)20(12-5-2-6-13-21(27)25-30)32-23(29)24-22(28)17-8-3-1-4-9-17/h1,3-4,6-11,13,16,20,26,30H,2,5,12,14-15H2,(H,25,27)(H,24,28,29)/b13-6+/t20-/m0/s1. The summed E-state index contributed by atoms with van der Waals surface area (Å²) >= 11 is 0. The Kier molecular flexibility index (Phi) is 10.4. The summed E-state index contributed by atoms with van der Waals surface area (Å²) < 4.78 is 10.9. The predicted molar refractivity (Wildman–Crippen MR) is 115 cm³/mol. The van der Waals surface area contributed by atoms with Gasteiger partial charge in [0.1, 0.15) is 18.5 Å². The molecule has 0 radical (unpaired) electrons. The van der Waals surface area contributed by atoms with E-state index in [-0.39, 0.29) is 13.2 Å². The van der Waals surface area contributed by atoms with E-state index in [0.717, 1.165) is 0 Å². The molecule has 2 aromatic rings. The Morgan fingerprint density at radius 1 is 1.06 bits per heavy atom. The van der Waals surface area contributed by atoms with E-state index in [1.807, 2.05) is 0 Å². The molecule has 0 aliphatic rings. The molecule has 0 fully saturated rings. The maximum Gasteiger partial charge on any atom is 0.414 e. The Bertz CT molecular complexity index is 916. The number of ether oxygens (including phenoxy) is 2. The average molecular weight is 442 g/mol. The molecule has 9 heteroatoms. The highest BCUT2D eigenvalue weighted by molar-refractivity contribution is 6.02. The second-order valence-electron chi connectivity index (χ2n) is 6.67. The van der Waals surface area contributed by atoms with E-state index in [4.69, 9.17) is 19.8 Å². The summed E-state index contributed by atoms with van der Waals surface area (Å²) in [6, 6.07) is 15.2. The Hall–Kier alpha value is -3.69. The lowest BCUT2D eigenvalue weighted by Crippen LogP contribution is -2.32. The Morgan fingerprint density at radius 3 is 2.56 bits per heavy atom. The van der Waals surface area contributed by atoms with Crippen LogP contribution in [0.5, 0.6) is 5.75 Å². The number of hydrogen-bond donors (Lipinski definition) is 4. The van der Waals surface area contributed by atoms with Gasteiger partial charge >= 0.3 is 6.09 Å². The number of benzene rings is 2. The SMILES string of the molecule is O=C(/C=C/CCC[C@H](OC(=O)NC(=O)c1ccccc1)c1cccc(OCCO)c1)NO. The molecule has 0 spiro atoms. The summed E-state index contributed by atoms with van der Waals surface area (Å²) in [4.78, 5) is 35.6. The topological polar surface area (TPSA) is 134 Å². The molecule has 32 heavy (non-hydrogen) atoms. The van der Waals surface area contributed by atoms with Gasteiger partial charge in [0, 0.05) is 11.6 Å². The Morgan fingerprint density at radius 2 is 1.84 bits per heavy atom. The van der Waals surface area contributed by atoms with E-state index in [2.05, 4.69) is 5.32 Å². The predicted octanol–water partition coefficient (Wildman–Crippen LogP) is 2.90. The fourth-order valence-corrected chi connectivity index (χ4v) is 2.82. The number of amides is 3. The fraction of sp³-hybridized carbons (Fsp3) is 0.261. The first-order valence-corrected chi connectivity index (χ1v) is 10.0. The number of allylic oxidation sites excluding steroid dienone is 1. The van der Waals surface area contributed by atoms with Gasteiger partial charge in [-0.25, -0.2) is 10.3 Å². The molecule has 1 atom stereocenters. The molecule has 2 aromatic carbocycles. The summed E-state index contributed by atoms with van der Waals surface area (Å²) in [6.45, 7) is -0.0132. The number of carbonyl (C=O) groups is 3. The number of aliphatic hydroxyl groups excluding tert-OH is 1. The van der Waals surface area contributed by atoms with Crippen LogP contribution in [0.4, 0.5) is 4.79 Å². The molecule has 0 aliphatic carbocycles. The smallest absolute Gasteiger partial charge is 0.414 e. The number of hydroxylamine groups is 1. The summed E-state index contributed by atoms with van der Waals surface area (Å²) in [5, 5.41) is 19.7. The zero-order chi connectivity index (χ0) is 23.2. The fourth-order valence-electron chi connectivity index (χ4n) is 2.82. The van der Waals surface area contributed by atoms with Gasteiger partial charge in [-0.3, -0.25) is 20.1 Å². The molecule has 0 saturated heterocycles. The van der Waals surface area contributed by atoms with Gasteiger partial charge in [-0.1, -0.05) is 36.4 Å². The van der Waals surface area contributed by atoms with Gasteiger partial charge in [0.25, 0.3) is 11.8 Å². The summed E-state index contributed by atoms with van der Waals surface area (Å²) in [7, 11) is 0. The van der Waals surface area contributed by atoms with Crippen molar-refractivity contribution in [2.24, 2.45) is 0 Å². The lowest BCUT2D eigenvalue weighted by molar-refractivity contribution is -0.124. The number of imide groups is 1. The number of carbonyl (C=O) groups excluding carboxylic acids is 3. The van der Waals surface area contributed by atoms with Crippen molar-refractivity contribution >= 4 is 17.9 Å². The normalized spacial score (nSPS) is 11.6. The van der Waals surface area contributed by atoms with Crippen LogP contribution >= 0.6 is 0 Å². The Balaban J connectivity index is 2.05. The zero-order valence-electron chi connectivity index (χ0n) is 17.4. The van der Waals surface area contributed by atoms with E-state index in [1.54, 1.807) is 60.7 Å². The van der Waals surface area contributed by atoms with Gasteiger partial charge in [0.2, 0.25) is 0 Å². The van der Waals surface area contributed by atoms with Crippen LogP contribution in [-0.4, -0.2) is 41.4 Å².